The first-order chi connectivity index (χ1) is 70.1. The van der Waals surface area contributed by atoms with Crippen LogP contribution in [0.4, 0.5) is 49.6 Å². The molecule has 6 unspecified atom stereocenters. The fourth-order valence-electron chi connectivity index (χ4n) is 21.8. The molecular formula is C110H105F10N15O5S5. The van der Waals surface area contributed by atoms with E-state index in [4.69, 9.17) is 5.73 Å². The molecule has 145 heavy (non-hydrogen) atoms. The minimum absolute atomic E-state index is 0.0500. The molecule has 5 aliphatic carbocycles. The van der Waals surface area contributed by atoms with Crippen molar-refractivity contribution in [3.63, 3.8) is 0 Å². The Balaban J connectivity index is 0.000000110. The molecule has 35 heteroatoms. The number of carbonyl (C=O) groups excluding carboxylic acids is 5. The van der Waals surface area contributed by atoms with Gasteiger partial charge in [0.2, 0.25) is 11.8 Å². The number of hydrogen-bond donors (Lipinski definition) is 4. The highest BCUT2D eigenvalue weighted by molar-refractivity contribution is 8.16. The molecule has 3 saturated heterocycles. The highest BCUT2D eigenvalue weighted by Gasteiger charge is 2.59. The Bertz CT molecular complexity index is 6600. The zero-order valence-corrected chi connectivity index (χ0v) is 83.6. The van der Waals surface area contributed by atoms with Crippen LogP contribution in [0.25, 0.3) is 0 Å². The third-order valence-electron chi connectivity index (χ3n) is 29.1. The maximum Gasteiger partial charge on any atom is 0.261 e. The fraction of sp³-hybridized carbons (Fsp3) is 0.345. The quantitative estimate of drug-likeness (QED) is 0.0883. The molecule has 10 aromatic rings. The van der Waals surface area contributed by atoms with Crippen LogP contribution in [-0.2, 0) is 74.0 Å². The first-order valence-electron chi connectivity index (χ1n) is 49.2. The predicted molar refractivity (Wildman–Crippen MR) is 550 cm³/mol. The third-order valence-corrected chi connectivity index (χ3v) is 36.2. The van der Waals surface area contributed by atoms with E-state index in [1.165, 1.54) is 92.4 Å². The van der Waals surface area contributed by atoms with Gasteiger partial charge in [-0.15, -0.1) is 0 Å². The number of rotatable bonds is 11. The van der Waals surface area contributed by atoms with E-state index < -0.39 is 88.6 Å². The summed E-state index contributed by atoms with van der Waals surface area (Å²) in [5.74, 6) is -6.10. The standard InChI is InChI=1S/C23H23F2N3OS.3C22H21F2N3OS.C21H19F2N3OS/c24-16-10-11-19(25)17(14-16)21-27-28(22(29)20-9-3-4-13-26-20)23(30-21)12-5-7-15-6-1-2-8-18(15)23;23-15-9-10-18(24)16(13-15)20-26-27(21(28)19-8-4-12-25-19)22(29-20)11-3-6-14-5-1-2-7-17(14)22;23-15-9-10-18(24)16(12-15)20-26-27(21(28)19(25)14-7-8-14)22(29-20)11-3-5-13-4-1-2-6-17(13)22;23-16-7-8-19(24)17(12-16)20-26-27(21(28)15-9-11-25-13-15)22(29-20)10-3-5-14-4-1-2-6-18(14)22;1-13(2)25-11-10-21(17-6-4-5-7-19(17)25)26(14(3)27)24-20(28-21)16-12-15(22)8-9-18(16)23/h1-2,6,8,10-11,14,20,26H,3-5,7,9,12-13H2;1-2,5,7,9-10,13,19,25H,3-4,6,8,11-12H2;1-2,4,6,9-10,12,14,19H,3,5,7-8,11,25H2;1-2,4,6-8,12,15,25H,3,5,9-11,13H2;4-9,12H,1,10-11H2,2-3H3/t20-,23?;2*19-,22?;;/m000../s1. The van der Waals surface area contributed by atoms with Crippen molar-refractivity contribution >= 4 is 119 Å². The number of benzene rings is 10. The van der Waals surface area contributed by atoms with E-state index in [-0.39, 0.29) is 81.3 Å². The molecule has 9 aliphatic heterocycles. The normalized spacial score (nSPS) is 24.6. The van der Waals surface area contributed by atoms with Gasteiger partial charge in [-0.25, -0.2) is 68.9 Å². The molecule has 0 bridgehead atoms. The Labute approximate surface area is 854 Å². The summed E-state index contributed by atoms with van der Waals surface area (Å²) in [7, 11) is 0. The second kappa shape index (κ2) is 41.9. The number of nitrogens with zero attached hydrogens (tertiary/aromatic N) is 11. The van der Waals surface area contributed by atoms with Gasteiger partial charge in [0.1, 0.15) is 108 Å². The Kier molecular flexibility index (Phi) is 29.1. The molecule has 20 nitrogen and oxygen atoms in total. The topological polar surface area (TPSA) is 229 Å². The zero-order chi connectivity index (χ0) is 101. The van der Waals surface area contributed by atoms with Crippen LogP contribution in [0, 0.1) is 70.0 Å². The maximum atomic E-state index is 14.6. The van der Waals surface area contributed by atoms with E-state index in [1.807, 2.05) is 104 Å². The number of aryl methyl sites for hydroxylation is 4. The average molecular weight is 2070 g/mol. The third kappa shape index (κ3) is 19.4. The van der Waals surface area contributed by atoms with E-state index in [0.29, 0.717) is 51.1 Å². The molecule has 5 spiro atoms. The number of carbonyl (C=O) groups is 5. The van der Waals surface area contributed by atoms with E-state index in [0.717, 1.165) is 277 Å². The summed E-state index contributed by atoms with van der Waals surface area (Å²) in [6, 6.07) is 55.4. The van der Waals surface area contributed by atoms with E-state index >= 15 is 0 Å². The highest BCUT2D eigenvalue weighted by Crippen LogP contribution is 2.61. The van der Waals surface area contributed by atoms with Gasteiger partial charge in [0.25, 0.3) is 17.7 Å². The smallest absolute Gasteiger partial charge is 0.261 e. The molecule has 0 radical (unpaired) electrons. The molecule has 14 aliphatic rings. The van der Waals surface area contributed by atoms with E-state index in [1.54, 1.807) is 15.0 Å². The molecule has 24 rings (SSSR count). The Morgan fingerprint density at radius 3 is 1.03 bits per heavy atom. The number of nitrogens with one attached hydrogen (secondary N) is 3. The highest BCUT2D eigenvalue weighted by atomic mass is 32.2. The zero-order valence-electron chi connectivity index (χ0n) is 79.5. The van der Waals surface area contributed by atoms with Crippen LogP contribution in [0.5, 0.6) is 0 Å². The van der Waals surface area contributed by atoms with Crippen molar-refractivity contribution in [1.29, 1.82) is 0 Å². The Morgan fingerprint density at radius 2 is 0.690 bits per heavy atom. The number of hydrazone groups is 5. The predicted octanol–water partition coefficient (Wildman–Crippen LogP) is 21.6. The number of halogens is 10. The lowest BCUT2D eigenvalue weighted by Crippen LogP contribution is -2.52. The minimum Gasteiger partial charge on any atom is -0.346 e. The van der Waals surface area contributed by atoms with Gasteiger partial charge in [0.05, 0.1) is 24.0 Å². The van der Waals surface area contributed by atoms with Crippen LogP contribution in [0.1, 0.15) is 201 Å². The largest absolute Gasteiger partial charge is 0.346 e. The van der Waals surface area contributed by atoms with Crippen molar-refractivity contribution in [3.05, 3.63) is 361 Å². The number of piperidine rings is 1. The lowest BCUT2D eigenvalue weighted by Gasteiger charge is -2.44. The number of thioether (sulfide) groups is 5. The van der Waals surface area contributed by atoms with E-state index in [9.17, 15) is 67.9 Å². The van der Waals surface area contributed by atoms with Gasteiger partial charge < -0.3 is 26.6 Å². The van der Waals surface area contributed by atoms with Gasteiger partial charge >= 0.3 is 0 Å². The number of fused-ring (bicyclic) bond motifs is 10. The molecule has 5 N–H and O–H groups in total. The summed E-state index contributed by atoms with van der Waals surface area (Å²) in [5.41, 5.74) is 18.3. The first-order valence-corrected chi connectivity index (χ1v) is 53.3. The SMILES string of the molecule is C=C(C)N1CCC2(SC(c3cc(F)ccc3F)=NN2C(C)=O)c2ccccc21.N[C@H](C(=O)N1N=C(c2cc(F)ccc2F)SC12CCCc1ccccc12)C1CC1.O=C(C1CCNC1)N1N=C(c2cc(F)ccc2F)SC12CCCc1ccccc12.O=C([C@@H]1CCCCN1)N1N=C(c2cc(F)ccc2F)SC12CCCc1ccccc12.O=C([C@@H]1CCCN1)N1N=C(c2cc(F)ccc2F)SC12CCCc1ccccc12. The number of amides is 5. The number of hydrogen-bond acceptors (Lipinski definition) is 20. The maximum absolute atomic E-state index is 14.6. The Hall–Kier alpha value is -11.7. The molecule has 750 valence electrons. The van der Waals surface area contributed by atoms with Gasteiger partial charge in [-0.2, -0.15) is 25.5 Å². The van der Waals surface area contributed by atoms with Crippen LogP contribution in [-0.4, -0.2) is 131 Å². The number of para-hydroxylation sites is 1. The van der Waals surface area contributed by atoms with Gasteiger partial charge in [0, 0.05) is 71.2 Å². The fourth-order valence-corrected chi connectivity index (χ4v) is 29.2. The minimum atomic E-state index is -0.803. The summed E-state index contributed by atoms with van der Waals surface area (Å²) in [5, 5.41) is 41.9. The number of allylic oxidation sites excluding steroid dienone is 1. The molecule has 5 amide bonds. The van der Waals surface area contributed by atoms with Gasteiger partial charge in [-0.05, 0) is 296 Å². The van der Waals surface area contributed by atoms with Crippen molar-refractivity contribution in [1.82, 2.24) is 41.0 Å². The summed E-state index contributed by atoms with van der Waals surface area (Å²) in [6.07, 6.45) is 17.9. The Morgan fingerprint density at radius 1 is 0.366 bits per heavy atom. The van der Waals surface area contributed by atoms with Crippen LogP contribution >= 0.6 is 58.8 Å². The van der Waals surface area contributed by atoms with Crippen molar-refractivity contribution in [2.45, 2.75) is 191 Å². The molecule has 0 aromatic heterocycles. The van der Waals surface area contributed by atoms with Crippen LogP contribution in [0.2, 0.25) is 0 Å². The van der Waals surface area contributed by atoms with Crippen molar-refractivity contribution < 1.29 is 67.9 Å². The van der Waals surface area contributed by atoms with Gasteiger partial charge in [-0.1, -0.05) is 187 Å². The van der Waals surface area contributed by atoms with E-state index in [2.05, 4.69) is 77.2 Å². The lowest BCUT2D eigenvalue weighted by atomic mass is 9.86. The number of nitrogens with two attached hydrogens (primary N) is 1. The molecular weight excluding hydrogens is 1960 g/mol. The summed E-state index contributed by atoms with van der Waals surface area (Å²) >= 11 is 6.74. The summed E-state index contributed by atoms with van der Waals surface area (Å²) < 4.78 is 142. The van der Waals surface area contributed by atoms with Gasteiger partial charge in [-0.3, -0.25) is 24.0 Å². The summed E-state index contributed by atoms with van der Waals surface area (Å²) in [6.45, 7) is 11.1. The molecule has 9 atom stereocenters. The van der Waals surface area contributed by atoms with Crippen LogP contribution in [0.15, 0.2) is 250 Å². The monoisotopic (exact) mass is 2070 g/mol. The first kappa shape index (κ1) is 101. The molecule has 10 aromatic carbocycles. The molecule has 1 saturated carbocycles. The van der Waals surface area contributed by atoms with Crippen LogP contribution in [0.3, 0.4) is 0 Å². The number of anilines is 1. The second-order valence-corrected chi connectivity index (χ2v) is 44.7. The average Bonchev–Trinajstić information content (AvgIpc) is 1.63. The van der Waals surface area contributed by atoms with Crippen molar-refractivity contribution in [2.75, 3.05) is 37.6 Å². The molecule has 4 fully saturated rings. The van der Waals surface area contributed by atoms with Crippen molar-refractivity contribution in [3.8, 4) is 0 Å². The van der Waals surface area contributed by atoms with Crippen molar-refractivity contribution in [2.24, 2.45) is 43.1 Å². The lowest BCUT2D eigenvalue weighted by molar-refractivity contribution is -0.139. The second-order valence-electron chi connectivity index (χ2n) is 38.4. The molecule has 9 heterocycles. The summed E-state index contributed by atoms with van der Waals surface area (Å²) in [4.78, 5) is 64.7. The van der Waals surface area contributed by atoms with Gasteiger partial charge in [0.15, 0.2) is 0 Å². The van der Waals surface area contributed by atoms with Crippen LogP contribution < -0.4 is 26.6 Å².